The molecule has 2 bridgehead atoms. The molecule has 5 nitrogen and oxygen atoms in total. The van der Waals surface area contributed by atoms with E-state index in [-0.39, 0.29) is 6.04 Å². The molecule has 184 valence electrons. The monoisotopic (exact) mass is 501 g/mol. The fraction of sp³-hybridized carbons (Fsp3) is 0.481. The lowest BCUT2D eigenvalue weighted by Gasteiger charge is -2.31. The summed E-state index contributed by atoms with van der Waals surface area (Å²) in [7, 11) is -6.54. The molecule has 34 heavy (non-hydrogen) atoms. The summed E-state index contributed by atoms with van der Waals surface area (Å²) in [6.45, 7) is 1.75. The number of nitrogens with one attached hydrogen (secondary N) is 1. The largest absolute Gasteiger partial charge is 0.344 e. The van der Waals surface area contributed by atoms with Gasteiger partial charge in [0.05, 0.1) is 4.90 Å². The Morgan fingerprint density at radius 3 is 2.38 bits per heavy atom. The van der Waals surface area contributed by atoms with Crippen molar-refractivity contribution in [3.8, 4) is 11.1 Å². The zero-order chi connectivity index (χ0) is 24.2. The minimum atomic E-state index is -3.59. The molecule has 0 aromatic heterocycles. The van der Waals surface area contributed by atoms with Gasteiger partial charge in [-0.05, 0) is 79.5 Å². The SMILES string of the molecule is CCP(=O)(O)CCC/C=C/CC1C2CCC(C2)C1NS(=O)(=O)c1ccc(-c2ccccc2)cc1. The number of sulfonamides is 1. The van der Waals surface area contributed by atoms with E-state index >= 15 is 0 Å². The van der Waals surface area contributed by atoms with Crippen LogP contribution < -0.4 is 4.72 Å². The van der Waals surface area contributed by atoms with E-state index in [2.05, 4.69) is 16.9 Å². The molecule has 2 N–H and O–H groups in total. The Balaban J connectivity index is 1.37. The van der Waals surface area contributed by atoms with Crippen molar-refractivity contribution in [1.82, 2.24) is 4.72 Å². The second-order valence-corrected chi connectivity index (χ2v) is 14.3. The first-order chi connectivity index (χ1) is 16.3. The molecule has 0 aliphatic heterocycles. The minimum Gasteiger partial charge on any atom is -0.344 e. The number of hydrogen-bond donors (Lipinski definition) is 2. The minimum absolute atomic E-state index is 0.0278. The molecule has 2 aromatic rings. The van der Waals surface area contributed by atoms with Crippen LogP contribution in [0, 0.1) is 17.8 Å². The van der Waals surface area contributed by atoms with E-state index in [0.717, 1.165) is 36.8 Å². The van der Waals surface area contributed by atoms with Gasteiger partial charge in [-0.2, -0.15) is 0 Å². The highest BCUT2D eigenvalue weighted by molar-refractivity contribution is 7.89. The maximum absolute atomic E-state index is 13.2. The van der Waals surface area contributed by atoms with E-state index < -0.39 is 17.4 Å². The van der Waals surface area contributed by atoms with Gasteiger partial charge >= 0.3 is 0 Å². The summed E-state index contributed by atoms with van der Waals surface area (Å²) in [6.07, 6.45) is 10.7. The van der Waals surface area contributed by atoms with Crippen LogP contribution in [0.4, 0.5) is 0 Å². The molecular formula is C27H36NO4PS. The molecule has 2 aliphatic carbocycles. The third-order valence-electron chi connectivity index (χ3n) is 7.60. The van der Waals surface area contributed by atoms with Crippen LogP contribution in [0.1, 0.15) is 45.4 Å². The molecule has 7 heteroatoms. The standard InChI is InChI=1S/C27H36NO4PS/c1-2-33(29,30)19-9-4-3-8-12-26-23-13-14-24(20-23)27(26)28-34(31,32)25-17-15-22(16-18-25)21-10-6-5-7-11-21/h3,5-8,10-11,15-18,23-24,26-28H,2,4,9,12-14,19-20H2,1H3,(H,29,30)/b8-3+. The quantitative estimate of drug-likeness (QED) is 0.223. The van der Waals surface area contributed by atoms with E-state index in [0.29, 0.717) is 41.4 Å². The molecule has 2 aromatic carbocycles. The third-order valence-corrected chi connectivity index (χ3v) is 11.1. The van der Waals surface area contributed by atoms with Crippen molar-refractivity contribution in [3.63, 3.8) is 0 Å². The van der Waals surface area contributed by atoms with Crippen molar-refractivity contribution in [2.75, 3.05) is 12.3 Å². The molecule has 0 saturated heterocycles. The first-order valence-corrected chi connectivity index (χ1v) is 15.9. The van der Waals surface area contributed by atoms with Crippen LogP contribution in [0.2, 0.25) is 0 Å². The summed E-state index contributed by atoms with van der Waals surface area (Å²) in [5.74, 6) is 1.29. The van der Waals surface area contributed by atoms with Crippen molar-refractivity contribution in [2.24, 2.45) is 17.8 Å². The molecule has 0 amide bonds. The summed E-state index contributed by atoms with van der Waals surface area (Å²) in [5, 5.41) is 0. The summed E-state index contributed by atoms with van der Waals surface area (Å²) in [6, 6.07) is 17.0. The van der Waals surface area contributed by atoms with Gasteiger partial charge in [0.15, 0.2) is 7.37 Å². The Hall–Kier alpha value is -1.72. The van der Waals surface area contributed by atoms with Crippen LogP contribution in [0.25, 0.3) is 11.1 Å². The normalized spacial score (nSPS) is 26.2. The molecule has 5 atom stereocenters. The fourth-order valence-corrected chi connectivity index (χ4v) is 7.97. The van der Waals surface area contributed by atoms with Gasteiger partial charge in [-0.1, -0.05) is 61.5 Å². The predicted octanol–water partition coefficient (Wildman–Crippen LogP) is 6.06. The van der Waals surface area contributed by atoms with Gasteiger partial charge in [0.1, 0.15) is 0 Å². The lowest BCUT2D eigenvalue weighted by Crippen LogP contribution is -2.43. The van der Waals surface area contributed by atoms with Gasteiger partial charge in [0.2, 0.25) is 10.0 Å². The molecule has 2 aliphatic rings. The van der Waals surface area contributed by atoms with Crippen LogP contribution in [0.3, 0.4) is 0 Å². The Morgan fingerprint density at radius 2 is 1.68 bits per heavy atom. The number of unbranched alkanes of at least 4 members (excludes halogenated alkanes) is 1. The predicted molar refractivity (Wildman–Crippen MR) is 139 cm³/mol. The Kier molecular flexibility index (Phi) is 8.14. The Bertz CT molecular complexity index is 1130. The highest BCUT2D eigenvalue weighted by atomic mass is 32.2. The Morgan fingerprint density at radius 1 is 1.00 bits per heavy atom. The Labute approximate surface area is 204 Å². The topological polar surface area (TPSA) is 83.5 Å². The molecule has 0 radical (unpaired) electrons. The fourth-order valence-electron chi connectivity index (χ4n) is 5.62. The van der Waals surface area contributed by atoms with E-state index in [9.17, 15) is 17.9 Å². The summed E-state index contributed by atoms with van der Waals surface area (Å²) >= 11 is 0. The van der Waals surface area contributed by atoms with Crippen LogP contribution >= 0.6 is 7.37 Å². The smallest absolute Gasteiger partial charge is 0.240 e. The molecule has 5 unspecified atom stereocenters. The molecule has 2 saturated carbocycles. The zero-order valence-electron chi connectivity index (χ0n) is 19.8. The van der Waals surface area contributed by atoms with Gasteiger partial charge < -0.3 is 4.89 Å². The first kappa shape index (κ1) is 25.4. The number of allylic oxidation sites excluding steroid dienone is 2. The van der Waals surface area contributed by atoms with Crippen molar-refractivity contribution < 1.29 is 17.9 Å². The van der Waals surface area contributed by atoms with Crippen LogP contribution in [0.15, 0.2) is 71.6 Å². The number of benzene rings is 2. The summed E-state index contributed by atoms with van der Waals surface area (Å²) < 4.78 is 41.3. The average Bonchev–Trinajstić information content (AvgIpc) is 3.44. The first-order valence-electron chi connectivity index (χ1n) is 12.4. The van der Waals surface area contributed by atoms with E-state index in [1.165, 1.54) is 6.42 Å². The van der Waals surface area contributed by atoms with E-state index in [1.807, 2.05) is 42.5 Å². The van der Waals surface area contributed by atoms with Crippen molar-refractivity contribution in [2.45, 2.75) is 56.4 Å². The molecule has 2 fully saturated rings. The summed E-state index contributed by atoms with van der Waals surface area (Å²) in [5.41, 5.74) is 2.06. The van der Waals surface area contributed by atoms with E-state index in [4.69, 9.17) is 0 Å². The van der Waals surface area contributed by atoms with Crippen LogP contribution in [0.5, 0.6) is 0 Å². The summed E-state index contributed by atoms with van der Waals surface area (Å²) in [4.78, 5) is 10.0. The average molecular weight is 502 g/mol. The molecular weight excluding hydrogens is 465 g/mol. The molecule has 0 heterocycles. The van der Waals surface area contributed by atoms with E-state index in [1.54, 1.807) is 19.1 Å². The van der Waals surface area contributed by atoms with Crippen LogP contribution in [-0.4, -0.2) is 31.7 Å². The molecule has 0 spiro atoms. The second-order valence-electron chi connectivity index (χ2n) is 9.77. The van der Waals surface area contributed by atoms with Gasteiger partial charge in [0, 0.05) is 18.4 Å². The number of rotatable bonds is 11. The van der Waals surface area contributed by atoms with Gasteiger partial charge in [-0.25, -0.2) is 13.1 Å². The maximum Gasteiger partial charge on any atom is 0.240 e. The van der Waals surface area contributed by atoms with Crippen molar-refractivity contribution in [3.05, 3.63) is 66.7 Å². The lowest BCUT2D eigenvalue weighted by atomic mass is 9.83. The number of fused-ring (bicyclic) bond motifs is 2. The van der Waals surface area contributed by atoms with Gasteiger partial charge in [-0.3, -0.25) is 4.57 Å². The van der Waals surface area contributed by atoms with Crippen molar-refractivity contribution >= 4 is 17.4 Å². The maximum atomic E-state index is 13.2. The third kappa shape index (κ3) is 6.09. The zero-order valence-corrected chi connectivity index (χ0v) is 21.6. The van der Waals surface area contributed by atoms with Crippen LogP contribution in [-0.2, 0) is 14.6 Å². The highest BCUT2D eigenvalue weighted by Crippen LogP contribution is 2.50. The molecule has 4 rings (SSSR count). The van der Waals surface area contributed by atoms with Gasteiger partial charge in [0.25, 0.3) is 0 Å². The second kappa shape index (κ2) is 10.9. The number of hydrogen-bond acceptors (Lipinski definition) is 3. The highest BCUT2D eigenvalue weighted by Gasteiger charge is 2.48. The van der Waals surface area contributed by atoms with Crippen molar-refractivity contribution in [1.29, 1.82) is 0 Å². The van der Waals surface area contributed by atoms with Gasteiger partial charge in [-0.15, -0.1) is 0 Å². The lowest BCUT2D eigenvalue weighted by molar-refractivity contribution is 0.274.